The van der Waals surface area contributed by atoms with Crippen molar-refractivity contribution >= 4 is 5.69 Å². The van der Waals surface area contributed by atoms with Crippen molar-refractivity contribution in [2.24, 2.45) is 5.41 Å². The highest BCUT2D eigenvalue weighted by atomic mass is 16.5. The van der Waals surface area contributed by atoms with Gasteiger partial charge in [-0.2, -0.15) is 0 Å². The largest absolute Gasteiger partial charge is 0.495 e. The average molecular weight is 223 g/mol. The van der Waals surface area contributed by atoms with Crippen molar-refractivity contribution in [3.63, 3.8) is 0 Å². The van der Waals surface area contributed by atoms with E-state index in [1.165, 1.54) is 0 Å². The molecule has 2 N–H and O–H groups in total. The third kappa shape index (κ3) is 3.14. The summed E-state index contributed by atoms with van der Waals surface area (Å²) in [6.45, 7) is 5.07. The smallest absolute Gasteiger partial charge is 0.141 e. The number of aliphatic hydroxyl groups is 1. The van der Waals surface area contributed by atoms with E-state index < -0.39 is 0 Å². The fourth-order valence-corrected chi connectivity index (χ4v) is 1.39. The Bertz CT molecular complexity index is 321. The van der Waals surface area contributed by atoms with Crippen LogP contribution < -0.4 is 10.1 Å². The Morgan fingerprint density at radius 3 is 2.62 bits per heavy atom. The van der Waals surface area contributed by atoms with Crippen LogP contribution in [0.4, 0.5) is 5.69 Å². The standard InChI is InChI=1S/C13H21NO2/c1-4-13(2,10-15)9-14-11-7-5-6-8-12(11)16-3/h5-8,14-15H,4,9-10H2,1-3H3. The van der Waals surface area contributed by atoms with Crippen LogP contribution in [-0.2, 0) is 0 Å². The van der Waals surface area contributed by atoms with Crippen LogP contribution in [0.3, 0.4) is 0 Å². The van der Waals surface area contributed by atoms with Crippen LogP contribution in [0.15, 0.2) is 24.3 Å². The predicted molar refractivity (Wildman–Crippen MR) is 67.0 cm³/mol. The van der Waals surface area contributed by atoms with Crippen molar-refractivity contribution in [2.75, 3.05) is 25.6 Å². The second kappa shape index (κ2) is 5.75. The minimum atomic E-state index is -0.0825. The maximum atomic E-state index is 9.32. The van der Waals surface area contributed by atoms with Gasteiger partial charge in [0.1, 0.15) is 5.75 Å². The number of benzene rings is 1. The highest BCUT2D eigenvalue weighted by Gasteiger charge is 2.20. The molecule has 0 saturated heterocycles. The predicted octanol–water partition coefficient (Wildman–Crippen LogP) is 2.52. The molecule has 0 aliphatic carbocycles. The molecular formula is C13H21NO2. The molecule has 1 atom stereocenters. The van der Waals surface area contributed by atoms with E-state index in [1.807, 2.05) is 24.3 Å². The topological polar surface area (TPSA) is 41.5 Å². The Morgan fingerprint density at radius 2 is 2.06 bits per heavy atom. The summed E-state index contributed by atoms with van der Waals surface area (Å²) in [5.74, 6) is 0.832. The van der Waals surface area contributed by atoms with E-state index in [-0.39, 0.29) is 12.0 Å². The third-order valence-corrected chi connectivity index (χ3v) is 3.05. The maximum absolute atomic E-state index is 9.32. The molecule has 0 radical (unpaired) electrons. The van der Waals surface area contributed by atoms with Crippen molar-refractivity contribution in [1.82, 2.24) is 0 Å². The number of anilines is 1. The number of rotatable bonds is 6. The molecule has 0 saturated carbocycles. The lowest BCUT2D eigenvalue weighted by molar-refractivity contribution is 0.149. The second-order valence-corrected chi connectivity index (χ2v) is 4.38. The first-order chi connectivity index (χ1) is 7.65. The molecule has 1 rings (SSSR count). The van der Waals surface area contributed by atoms with Crippen LogP contribution in [0.1, 0.15) is 20.3 Å². The van der Waals surface area contributed by atoms with E-state index in [2.05, 4.69) is 19.2 Å². The minimum Gasteiger partial charge on any atom is -0.495 e. The van der Waals surface area contributed by atoms with E-state index in [4.69, 9.17) is 4.74 Å². The molecule has 1 unspecified atom stereocenters. The quantitative estimate of drug-likeness (QED) is 0.778. The van der Waals surface area contributed by atoms with Crippen molar-refractivity contribution < 1.29 is 9.84 Å². The monoisotopic (exact) mass is 223 g/mol. The third-order valence-electron chi connectivity index (χ3n) is 3.05. The van der Waals surface area contributed by atoms with Gasteiger partial charge in [-0.1, -0.05) is 26.0 Å². The number of para-hydroxylation sites is 2. The normalized spacial score (nSPS) is 14.2. The number of ether oxygens (including phenoxy) is 1. The Kier molecular flexibility index (Phi) is 4.62. The van der Waals surface area contributed by atoms with E-state index in [1.54, 1.807) is 7.11 Å². The molecule has 0 bridgehead atoms. The van der Waals surface area contributed by atoms with Gasteiger partial charge in [-0.3, -0.25) is 0 Å². The molecular weight excluding hydrogens is 202 g/mol. The van der Waals surface area contributed by atoms with Gasteiger partial charge in [-0.15, -0.1) is 0 Å². The molecule has 0 heterocycles. The summed E-state index contributed by atoms with van der Waals surface area (Å²) in [6, 6.07) is 7.80. The van der Waals surface area contributed by atoms with Gasteiger partial charge in [0, 0.05) is 12.0 Å². The summed E-state index contributed by atoms with van der Waals surface area (Å²) >= 11 is 0. The fourth-order valence-electron chi connectivity index (χ4n) is 1.39. The number of nitrogens with one attached hydrogen (secondary N) is 1. The Hall–Kier alpha value is -1.22. The molecule has 0 amide bonds. The van der Waals surface area contributed by atoms with Gasteiger partial charge < -0.3 is 15.2 Å². The SMILES string of the molecule is CCC(C)(CO)CNc1ccccc1OC. The molecule has 0 spiro atoms. The summed E-state index contributed by atoms with van der Waals surface area (Å²) in [6.07, 6.45) is 0.936. The fraction of sp³-hybridized carbons (Fsp3) is 0.538. The van der Waals surface area contributed by atoms with Gasteiger partial charge in [0.2, 0.25) is 0 Å². The molecule has 0 fully saturated rings. The first-order valence-electron chi connectivity index (χ1n) is 5.63. The number of hydrogen-bond acceptors (Lipinski definition) is 3. The molecule has 0 aromatic heterocycles. The van der Waals surface area contributed by atoms with E-state index in [9.17, 15) is 5.11 Å². The van der Waals surface area contributed by atoms with Crippen LogP contribution in [-0.4, -0.2) is 25.4 Å². The summed E-state index contributed by atoms with van der Waals surface area (Å²) in [7, 11) is 1.66. The summed E-state index contributed by atoms with van der Waals surface area (Å²) in [5, 5.41) is 12.6. The zero-order valence-corrected chi connectivity index (χ0v) is 10.3. The van der Waals surface area contributed by atoms with Gasteiger partial charge in [0.25, 0.3) is 0 Å². The van der Waals surface area contributed by atoms with Crippen LogP contribution >= 0.6 is 0 Å². The minimum absolute atomic E-state index is 0.0825. The highest BCUT2D eigenvalue weighted by molar-refractivity contribution is 5.56. The maximum Gasteiger partial charge on any atom is 0.141 e. The Balaban J connectivity index is 2.67. The lowest BCUT2D eigenvalue weighted by Crippen LogP contribution is -2.29. The van der Waals surface area contributed by atoms with Crippen LogP contribution in [0.2, 0.25) is 0 Å². The highest BCUT2D eigenvalue weighted by Crippen LogP contribution is 2.26. The summed E-state index contributed by atoms with van der Waals surface area (Å²) in [5.41, 5.74) is 0.888. The first-order valence-corrected chi connectivity index (χ1v) is 5.63. The van der Waals surface area contributed by atoms with Crippen molar-refractivity contribution in [3.8, 4) is 5.75 Å². The van der Waals surface area contributed by atoms with Crippen LogP contribution in [0, 0.1) is 5.41 Å². The zero-order valence-electron chi connectivity index (χ0n) is 10.3. The summed E-state index contributed by atoms with van der Waals surface area (Å²) < 4.78 is 5.25. The molecule has 0 aliphatic heterocycles. The van der Waals surface area contributed by atoms with Crippen molar-refractivity contribution in [2.45, 2.75) is 20.3 Å². The molecule has 16 heavy (non-hydrogen) atoms. The zero-order chi connectivity index (χ0) is 12.0. The molecule has 3 nitrogen and oxygen atoms in total. The van der Waals surface area contributed by atoms with E-state index in [0.29, 0.717) is 0 Å². The second-order valence-electron chi connectivity index (χ2n) is 4.38. The molecule has 3 heteroatoms. The molecule has 1 aromatic carbocycles. The molecule has 90 valence electrons. The summed E-state index contributed by atoms with van der Waals surface area (Å²) in [4.78, 5) is 0. The number of aliphatic hydroxyl groups excluding tert-OH is 1. The van der Waals surface area contributed by atoms with Crippen LogP contribution in [0.5, 0.6) is 5.75 Å². The van der Waals surface area contributed by atoms with Gasteiger partial charge >= 0.3 is 0 Å². The van der Waals surface area contributed by atoms with Crippen LogP contribution in [0.25, 0.3) is 0 Å². The number of hydrogen-bond donors (Lipinski definition) is 2. The van der Waals surface area contributed by atoms with Gasteiger partial charge in [-0.05, 0) is 18.6 Å². The van der Waals surface area contributed by atoms with Gasteiger partial charge in [0.05, 0.1) is 19.4 Å². The van der Waals surface area contributed by atoms with E-state index >= 15 is 0 Å². The Morgan fingerprint density at radius 1 is 1.38 bits per heavy atom. The van der Waals surface area contributed by atoms with Crippen molar-refractivity contribution in [1.29, 1.82) is 0 Å². The lowest BCUT2D eigenvalue weighted by Gasteiger charge is -2.26. The average Bonchev–Trinajstić information content (AvgIpc) is 2.36. The van der Waals surface area contributed by atoms with E-state index in [0.717, 1.165) is 24.4 Å². The van der Waals surface area contributed by atoms with Gasteiger partial charge in [0.15, 0.2) is 0 Å². The lowest BCUT2D eigenvalue weighted by atomic mass is 9.88. The molecule has 1 aromatic rings. The molecule has 0 aliphatic rings. The Labute approximate surface area is 97.4 Å². The van der Waals surface area contributed by atoms with Gasteiger partial charge in [-0.25, -0.2) is 0 Å². The first kappa shape index (κ1) is 12.8. The number of methoxy groups -OCH3 is 1. The van der Waals surface area contributed by atoms with Crippen molar-refractivity contribution in [3.05, 3.63) is 24.3 Å².